The lowest BCUT2D eigenvalue weighted by Gasteiger charge is -2.01. The Morgan fingerprint density at radius 1 is 1.67 bits per heavy atom. The van der Waals surface area contributed by atoms with Crippen molar-refractivity contribution in [3.8, 4) is 0 Å². The van der Waals surface area contributed by atoms with Gasteiger partial charge in [-0.25, -0.2) is 0 Å². The van der Waals surface area contributed by atoms with Crippen LogP contribution in [0.3, 0.4) is 0 Å². The zero-order valence-corrected chi connectivity index (χ0v) is 9.54. The molecular formula is C9H11BrOS. The number of halogens is 1. The van der Waals surface area contributed by atoms with E-state index in [-0.39, 0.29) is 5.92 Å². The first kappa shape index (κ1) is 9.93. The van der Waals surface area contributed by atoms with Crippen LogP contribution in [0.25, 0.3) is 0 Å². The number of carbonyl (C=O) groups is 1. The third-order valence-electron chi connectivity index (χ3n) is 1.67. The number of ketones is 1. The molecule has 0 spiro atoms. The fraction of sp³-hybridized carbons (Fsp3) is 0.444. The molecule has 1 nitrogen and oxygen atoms in total. The molecule has 1 aromatic heterocycles. The van der Waals surface area contributed by atoms with E-state index in [1.807, 2.05) is 25.3 Å². The molecule has 0 saturated heterocycles. The molecule has 1 aromatic rings. The number of hydrogen-bond acceptors (Lipinski definition) is 2. The number of rotatable bonds is 3. The lowest BCUT2D eigenvalue weighted by Crippen LogP contribution is -2.09. The summed E-state index contributed by atoms with van der Waals surface area (Å²) in [7, 11) is 0. The van der Waals surface area contributed by atoms with Crippen LogP contribution >= 0.6 is 27.3 Å². The second-order valence-electron chi connectivity index (χ2n) is 2.99. The van der Waals surface area contributed by atoms with Gasteiger partial charge in [-0.05, 0) is 27.4 Å². The summed E-state index contributed by atoms with van der Waals surface area (Å²) in [6, 6.07) is 1.98. The normalized spacial score (nSPS) is 10.7. The molecule has 0 N–H and O–H groups in total. The van der Waals surface area contributed by atoms with E-state index in [0.717, 1.165) is 9.35 Å². The SMILES string of the molecule is CC(C)C(=O)Cc1sccc1Br. The van der Waals surface area contributed by atoms with Gasteiger partial charge in [0.05, 0.1) is 0 Å². The molecule has 0 atom stereocenters. The predicted octanol–water partition coefficient (Wildman–Crippen LogP) is 3.28. The van der Waals surface area contributed by atoms with Crippen molar-refractivity contribution >= 4 is 33.0 Å². The molecule has 1 rings (SSSR count). The molecule has 0 aliphatic carbocycles. The average Bonchev–Trinajstić information content (AvgIpc) is 2.36. The molecule has 0 aliphatic heterocycles. The highest BCUT2D eigenvalue weighted by atomic mass is 79.9. The Kier molecular flexibility index (Phi) is 3.47. The highest BCUT2D eigenvalue weighted by Crippen LogP contribution is 2.23. The summed E-state index contributed by atoms with van der Waals surface area (Å²) in [4.78, 5) is 12.5. The molecule has 66 valence electrons. The highest BCUT2D eigenvalue weighted by molar-refractivity contribution is 9.10. The topological polar surface area (TPSA) is 17.1 Å². The van der Waals surface area contributed by atoms with Crippen LogP contribution in [0.5, 0.6) is 0 Å². The standard InChI is InChI=1S/C9H11BrOS/c1-6(2)8(11)5-9-7(10)3-4-12-9/h3-4,6H,5H2,1-2H3. The van der Waals surface area contributed by atoms with Gasteiger partial charge in [-0.2, -0.15) is 0 Å². The van der Waals surface area contributed by atoms with Crippen LogP contribution in [0.15, 0.2) is 15.9 Å². The summed E-state index contributed by atoms with van der Waals surface area (Å²) >= 11 is 5.03. The average molecular weight is 247 g/mol. The van der Waals surface area contributed by atoms with Gasteiger partial charge in [0.25, 0.3) is 0 Å². The van der Waals surface area contributed by atoms with Crippen molar-refractivity contribution < 1.29 is 4.79 Å². The number of hydrogen-bond donors (Lipinski definition) is 0. The summed E-state index contributed by atoms with van der Waals surface area (Å²) in [6.07, 6.45) is 0.565. The van der Waals surface area contributed by atoms with Crippen molar-refractivity contribution in [2.24, 2.45) is 5.92 Å². The van der Waals surface area contributed by atoms with E-state index < -0.39 is 0 Å². The molecule has 0 bridgehead atoms. The Labute approximate surface area is 84.9 Å². The van der Waals surface area contributed by atoms with E-state index in [4.69, 9.17) is 0 Å². The van der Waals surface area contributed by atoms with Crippen LogP contribution in [0.4, 0.5) is 0 Å². The molecule has 0 aliphatic rings. The predicted molar refractivity (Wildman–Crippen MR) is 55.6 cm³/mol. The molecular weight excluding hydrogens is 236 g/mol. The maximum absolute atomic E-state index is 11.3. The van der Waals surface area contributed by atoms with E-state index in [1.54, 1.807) is 11.3 Å². The van der Waals surface area contributed by atoms with Crippen LogP contribution in [-0.4, -0.2) is 5.78 Å². The minimum Gasteiger partial charge on any atom is -0.299 e. The molecule has 0 aromatic carbocycles. The van der Waals surface area contributed by atoms with Crippen molar-refractivity contribution in [2.45, 2.75) is 20.3 Å². The summed E-state index contributed by atoms with van der Waals surface area (Å²) in [5, 5.41) is 1.99. The molecule has 0 fully saturated rings. The van der Waals surface area contributed by atoms with Gasteiger partial charge in [0, 0.05) is 21.7 Å². The largest absolute Gasteiger partial charge is 0.299 e. The number of carbonyl (C=O) groups excluding carboxylic acids is 1. The van der Waals surface area contributed by atoms with Crippen LogP contribution in [0.1, 0.15) is 18.7 Å². The summed E-state index contributed by atoms with van der Waals surface area (Å²) in [6.45, 7) is 3.87. The third-order valence-corrected chi connectivity index (χ3v) is 3.60. The zero-order chi connectivity index (χ0) is 9.14. The molecule has 0 saturated carbocycles. The first-order valence-electron chi connectivity index (χ1n) is 3.86. The molecule has 12 heavy (non-hydrogen) atoms. The number of Topliss-reactive ketones (excluding diaryl/α,β-unsaturated/α-hetero) is 1. The van der Waals surface area contributed by atoms with Gasteiger partial charge in [0.2, 0.25) is 0 Å². The lowest BCUT2D eigenvalue weighted by molar-refractivity contribution is -0.121. The van der Waals surface area contributed by atoms with Gasteiger partial charge in [0.1, 0.15) is 5.78 Å². The third kappa shape index (κ3) is 2.42. The highest BCUT2D eigenvalue weighted by Gasteiger charge is 2.10. The Hall–Kier alpha value is -0.150. The van der Waals surface area contributed by atoms with Crippen LogP contribution < -0.4 is 0 Å². The van der Waals surface area contributed by atoms with Crippen LogP contribution in [0.2, 0.25) is 0 Å². The summed E-state index contributed by atoms with van der Waals surface area (Å²) in [5.74, 6) is 0.442. The van der Waals surface area contributed by atoms with Crippen molar-refractivity contribution in [3.63, 3.8) is 0 Å². The molecule has 0 unspecified atom stereocenters. The fourth-order valence-corrected chi connectivity index (χ4v) is 2.32. The smallest absolute Gasteiger partial charge is 0.140 e. The second kappa shape index (κ2) is 4.19. The van der Waals surface area contributed by atoms with Crippen LogP contribution in [0, 0.1) is 5.92 Å². The van der Waals surface area contributed by atoms with E-state index in [9.17, 15) is 4.79 Å². The summed E-state index contributed by atoms with van der Waals surface area (Å²) in [5.41, 5.74) is 0. The van der Waals surface area contributed by atoms with Crippen molar-refractivity contribution in [3.05, 3.63) is 20.8 Å². The van der Waals surface area contributed by atoms with Crippen molar-refractivity contribution in [1.82, 2.24) is 0 Å². The maximum Gasteiger partial charge on any atom is 0.140 e. The lowest BCUT2D eigenvalue weighted by atomic mass is 10.1. The van der Waals surface area contributed by atoms with E-state index in [2.05, 4.69) is 15.9 Å². The van der Waals surface area contributed by atoms with Crippen molar-refractivity contribution in [2.75, 3.05) is 0 Å². The van der Waals surface area contributed by atoms with E-state index >= 15 is 0 Å². The monoisotopic (exact) mass is 246 g/mol. The second-order valence-corrected chi connectivity index (χ2v) is 4.84. The maximum atomic E-state index is 11.3. The van der Waals surface area contributed by atoms with Gasteiger partial charge in [-0.3, -0.25) is 4.79 Å². The summed E-state index contributed by atoms with van der Waals surface area (Å²) < 4.78 is 1.06. The minimum atomic E-state index is 0.138. The first-order chi connectivity index (χ1) is 5.61. The van der Waals surface area contributed by atoms with Gasteiger partial charge < -0.3 is 0 Å². The van der Waals surface area contributed by atoms with Crippen molar-refractivity contribution in [1.29, 1.82) is 0 Å². The Morgan fingerprint density at radius 3 is 2.75 bits per heavy atom. The quantitative estimate of drug-likeness (QED) is 0.801. The Balaban J connectivity index is 2.64. The van der Waals surface area contributed by atoms with Gasteiger partial charge in [-0.15, -0.1) is 11.3 Å². The Morgan fingerprint density at radius 2 is 2.33 bits per heavy atom. The van der Waals surface area contributed by atoms with E-state index in [1.165, 1.54) is 0 Å². The van der Waals surface area contributed by atoms with E-state index in [0.29, 0.717) is 12.2 Å². The zero-order valence-electron chi connectivity index (χ0n) is 7.13. The minimum absolute atomic E-state index is 0.138. The molecule has 0 amide bonds. The van der Waals surface area contributed by atoms with Gasteiger partial charge in [-0.1, -0.05) is 13.8 Å². The van der Waals surface area contributed by atoms with Gasteiger partial charge in [0.15, 0.2) is 0 Å². The number of thiophene rings is 1. The molecule has 3 heteroatoms. The molecule has 1 heterocycles. The Bertz CT molecular complexity index is 278. The fourth-order valence-electron chi connectivity index (χ4n) is 0.814. The molecule has 0 radical (unpaired) electrons. The van der Waals surface area contributed by atoms with Crippen LogP contribution in [-0.2, 0) is 11.2 Å². The van der Waals surface area contributed by atoms with Gasteiger partial charge >= 0.3 is 0 Å². The first-order valence-corrected chi connectivity index (χ1v) is 5.53.